The molecule has 1 N–H and O–H groups in total. The second kappa shape index (κ2) is 6.44. The van der Waals surface area contributed by atoms with Gasteiger partial charge in [-0.2, -0.15) is 11.8 Å². The van der Waals surface area contributed by atoms with E-state index in [1.54, 1.807) is 0 Å². The van der Waals surface area contributed by atoms with Crippen LogP contribution in [0.15, 0.2) is 0 Å². The number of hydrogen-bond donors (Lipinski definition) is 1. The van der Waals surface area contributed by atoms with Crippen LogP contribution in [0.2, 0.25) is 0 Å². The lowest BCUT2D eigenvalue weighted by Gasteiger charge is -2.41. The molecular formula is C14H28N2S. The summed E-state index contributed by atoms with van der Waals surface area (Å²) >= 11 is 2.13. The van der Waals surface area contributed by atoms with Crippen LogP contribution in [0.5, 0.6) is 0 Å². The number of thioether (sulfide) groups is 1. The van der Waals surface area contributed by atoms with E-state index in [1.807, 2.05) is 0 Å². The van der Waals surface area contributed by atoms with Crippen LogP contribution in [0.25, 0.3) is 0 Å². The number of rotatable bonds is 3. The Bertz CT molecular complexity index is 234. The van der Waals surface area contributed by atoms with E-state index >= 15 is 0 Å². The zero-order valence-electron chi connectivity index (χ0n) is 11.6. The van der Waals surface area contributed by atoms with Gasteiger partial charge in [0, 0.05) is 36.2 Å². The second-order valence-electron chi connectivity index (χ2n) is 5.76. The Labute approximate surface area is 111 Å². The summed E-state index contributed by atoms with van der Waals surface area (Å²) in [5, 5.41) is 4.52. The van der Waals surface area contributed by atoms with E-state index in [0.717, 1.165) is 23.3 Å². The van der Waals surface area contributed by atoms with Crippen LogP contribution in [0.4, 0.5) is 0 Å². The molecule has 2 fully saturated rings. The van der Waals surface area contributed by atoms with E-state index in [9.17, 15) is 0 Å². The van der Waals surface area contributed by atoms with Crippen LogP contribution >= 0.6 is 11.8 Å². The summed E-state index contributed by atoms with van der Waals surface area (Å²) in [6.07, 6.45) is 4.13. The second-order valence-corrected chi connectivity index (χ2v) is 7.25. The summed E-state index contributed by atoms with van der Waals surface area (Å²) < 4.78 is 0. The zero-order chi connectivity index (χ0) is 12.3. The molecule has 0 aromatic rings. The van der Waals surface area contributed by atoms with Gasteiger partial charge in [-0.05, 0) is 32.2 Å². The van der Waals surface area contributed by atoms with E-state index in [-0.39, 0.29) is 0 Å². The topological polar surface area (TPSA) is 15.3 Å². The van der Waals surface area contributed by atoms with Crippen LogP contribution in [0.1, 0.15) is 40.0 Å². The summed E-state index contributed by atoms with van der Waals surface area (Å²) in [4.78, 5) is 2.71. The molecule has 2 aliphatic rings. The molecule has 0 radical (unpaired) electrons. The highest BCUT2D eigenvalue weighted by Gasteiger charge is 2.28. The van der Waals surface area contributed by atoms with Crippen molar-refractivity contribution in [2.75, 3.05) is 25.4 Å². The predicted octanol–water partition coefficient (Wildman–Crippen LogP) is 2.59. The molecule has 100 valence electrons. The van der Waals surface area contributed by atoms with Crippen LogP contribution in [0.3, 0.4) is 0 Å². The molecule has 2 aliphatic heterocycles. The van der Waals surface area contributed by atoms with Crippen LogP contribution in [-0.4, -0.2) is 47.6 Å². The molecule has 0 amide bonds. The number of hydrogen-bond acceptors (Lipinski definition) is 3. The third-order valence-electron chi connectivity index (χ3n) is 4.65. The van der Waals surface area contributed by atoms with Gasteiger partial charge in [0.15, 0.2) is 0 Å². The van der Waals surface area contributed by atoms with Crippen LogP contribution in [0, 0.1) is 5.92 Å². The number of nitrogens with zero attached hydrogens (tertiary/aromatic N) is 1. The fourth-order valence-corrected chi connectivity index (χ4v) is 4.30. The summed E-state index contributed by atoms with van der Waals surface area (Å²) in [6.45, 7) is 10.9. The van der Waals surface area contributed by atoms with E-state index in [1.165, 1.54) is 44.6 Å². The molecule has 4 atom stereocenters. The van der Waals surface area contributed by atoms with Gasteiger partial charge in [0.2, 0.25) is 0 Å². The highest BCUT2D eigenvalue weighted by atomic mass is 32.2. The Morgan fingerprint density at radius 2 is 2.18 bits per heavy atom. The van der Waals surface area contributed by atoms with E-state index in [2.05, 4.69) is 42.7 Å². The molecule has 0 aromatic heterocycles. The molecular weight excluding hydrogens is 228 g/mol. The highest BCUT2D eigenvalue weighted by molar-refractivity contribution is 8.00. The van der Waals surface area contributed by atoms with Gasteiger partial charge in [0.05, 0.1) is 0 Å². The lowest BCUT2D eigenvalue weighted by Crippen LogP contribution is -2.52. The fraction of sp³-hybridized carbons (Fsp3) is 1.00. The largest absolute Gasteiger partial charge is 0.313 e. The van der Waals surface area contributed by atoms with Crippen molar-refractivity contribution >= 4 is 11.8 Å². The fourth-order valence-electron chi connectivity index (χ4n) is 3.14. The maximum Gasteiger partial charge on any atom is 0.0197 e. The Balaban J connectivity index is 1.83. The van der Waals surface area contributed by atoms with Gasteiger partial charge < -0.3 is 5.32 Å². The van der Waals surface area contributed by atoms with Crippen molar-refractivity contribution in [1.29, 1.82) is 0 Å². The third-order valence-corrected chi connectivity index (χ3v) is 5.99. The molecule has 0 spiro atoms. The van der Waals surface area contributed by atoms with E-state index in [4.69, 9.17) is 0 Å². The number of piperidine rings is 1. The van der Waals surface area contributed by atoms with E-state index in [0.29, 0.717) is 0 Å². The Hall–Kier alpha value is 0.270. The van der Waals surface area contributed by atoms with Gasteiger partial charge in [0.1, 0.15) is 0 Å². The molecule has 0 bridgehead atoms. The van der Waals surface area contributed by atoms with E-state index < -0.39 is 0 Å². The Kier molecular flexibility index (Phi) is 5.19. The Morgan fingerprint density at radius 1 is 1.35 bits per heavy atom. The number of nitrogens with one attached hydrogen (secondary N) is 1. The average Bonchev–Trinajstić information content (AvgIpc) is 2.35. The minimum absolute atomic E-state index is 0.742. The lowest BCUT2D eigenvalue weighted by molar-refractivity contribution is 0.163. The standard InChI is InChI=1S/C14H28N2S/c1-4-13-5-6-15-14(9-13)10-16-7-8-17-12(3)11(16)2/h11-15H,4-10H2,1-3H3. The summed E-state index contributed by atoms with van der Waals surface area (Å²) in [7, 11) is 0. The summed E-state index contributed by atoms with van der Waals surface area (Å²) in [6, 6.07) is 1.49. The van der Waals surface area contributed by atoms with Gasteiger partial charge in [-0.3, -0.25) is 4.90 Å². The first-order chi connectivity index (χ1) is 8.20. The van der Waals surface area contributed by atoms with Gasteiger partial charge >= 0.3 is 0 Å². The van der Waals surface area contributed by atoms with Crippen molar-refractivity contribution in [3.8, 4) is 0 Å². The van der Waals surface area contributed by atoms with Gasteiger partial charge in [-0.15, -0.1) is 0 Å². The van der Waals surface area contributed by atoms with Crippen molar-refractivity contribution in [3.05, 3.63) is 0 Å². The molecule has 2 saturated heterocycles. The third kappa shape index (κ3) is 3.62. The first kappa shape index (κ1) is 13.7. The van der Waals surface area contributed by atoms with Crippen molar-refractivity contribution in [2.24, 2.45) is 5.92 Å². The van der Waals surface area contributed by atoms with Crippen molar-refractivity contribution in [3.63, 3.8) is 0 Å². The van der Waals surface area contributed by atoms with Crippen molar-refractivity contribution in [1.82, 2.24) is 10.2 Å². The van der Waals surface area contributed by atoms with Crippen molar-refractivity contribution < 1.29 is 0 Å². The normalized spacial score (nSPS) is 40.4. The van der Waals surface area contributed by atoms with Gasteiger partial charge in [-0.25, -0.2) is 0 Å². The zero-order valence-corrected chi connectivity index (χ0v) is 12.4. The molecule has 4 unspecified atom stereocenters. The first-order valence-electron chi connectivity index (χ1n) is 7.29. The summed E-state index contributed by atoms with van der Waals surface area (Å²) in [5.41, 5.74) is 0. The molecule has 0 aromatic carbocycles. The molecule has 2 rings (SSSR count). The molecule has 0 aliphatic carbocycles. The van der Waals surface area contributed by atoms with Crippen LogP contribution < -0.4 is 5.32 Å². The highest BCUT2D eigenvalue weighted by Crippen LogP contribution is 2.26. The van der Waals surface area contributed by atoms with Crippen LogP contribution in [-0.2, 0) is 0 Å². The maximum absolute atomic E-state index is 3.72. The summed E-state index contributed by atoms with van der Waals surface area (Å²) in [5.74, 6) is 2.28. The Morgan fingerprint density at radius 3 is 2.94 bits per heavy atom. The lowest BCUT2D eigenvalue weighted by atomic mass is 9.90. The minimum Gasteiger partial charge on any atom is -0.313 e. The minimum atomic E-state index is 0.742. The van der Waals surface area contributed by atoms with Gasteiger partial charge in [-0.1, -0.05) is 20.3 Å². The first-order valence-corrected chi connectivity index (χ1v) is 8.34. The average molecular weight is 256 g/mol. The molecule has 2 heterocycles. The van der Waals surface area contributed by atoms with Gasteiger partial charge in [0.25, 0.3) is 0 Å². The monoisotopic (exact) mass is 256 g/mol. The maximum atomic E-state index is 3.72. The quantitative estimate of drug-likeness (QED) is 0.835. The molecule has 17 heavy (non-hydrogen) atoms. The molecule has 0 saturated carbocycles. The smallest absolute Gasteiger partial charge is 0.0197 e. The SMILES string of the molecule is CCC1CCNC(CN2CCSC(C)C2C)C1. The van der Waals surface area contributed by atoms with Crippen molar-refractivity contribution in [2.45, 2.75) is 57.4 Å². The molecule has 2 nitrogen and oxygen atoms in total. The molecule has 3 heteroatoms. The predicted molar refractivity (Wildman–Crippen MR) is 77.8 cm³/mol.